The second-order valence-electron chi connectivity index (χ2n) is 10.4. The Labute approximate surface area is 206 Å². The molecule has 0 aliphatic carbocycles. The van der Waals surface area contributed by atoms with Crippen LogP contribution in [-0.2, 0) is 16.0 Å². The Morgan fingerprint density at radius 3 is 2.80 bits per heavy atom. The summed E-state index contributed by atoms with van der Waals surface area (Å²) in [5, 5.41) is 0.892. The molecule has 35 heavy (non-hydrogen) atoms. The summed E-state index contributed by atoms with van der Waals surface area (Å²) < 4.78 is 27.6. The Morgan fingerprint density at radius 2 is 2.09 bits per heavy atom. The molecule has 1 saturated heterocycles. The fourth-order valence-electron chi connectivity index (χ4n) is 4.55. The summed E-state index contributed by atoms with van der Waals surface area (Å²) in [6, 6.07) is 1.88. The Kier molecular flexibility index (Phi) is 7.17. The quantitative estimate of drug-likeness (QED) is 0.637. The number of aliphatic imine (C=N–C) groups is 1. The third-order valence-electron chi connectivity index (χ3n) is 6.46. The van der Waals surface area contributed by atoms with Crippen LogP contribution in [0.3, 0.4) is 0 Å². The van der Waals surface area contributed by atoms with Crippen molar-refractivity contribution in [2.24, 2.45) is 16.6 Å². The van der Waals surface area contributed by atoms with Crippen LogP contribution >= 0.6 is 0 Å². The van der Waals surface area contributed by atoms with Gasteiger partial charge in [0.2, 0.25) is 0 Å². The zero-order valence-electron chi connectivity index (χ0n) is 21.2. The van der Waals surface area contributed by atoms with Crippen molar-refractivity contribution in [1.29, 1.82) is 0 Å². The number of nitrogens with zero attached hydrogens (tertiary/aromatic N) is 4. The van der Waals surface area contributed by atoms with Gasteiger partial charge in [0, 0.05) is 24.5 Å². The second kappa shape index (κ2) is 9.97. The minimum absolute atomic E-state index is 0.0994. The molecular weight excluding hydrogens is 449 g/mol. The van der Waals surface area contributed by atoms with Crippen LogP contribution in [0.15, 0.2) is 35.6 Å². The predicted octanol–water partition coefficient (Wildman–Crippen LogP) is 4.59. The van der Waals surface area contributed by atoms with Crippen molar-refractivity contribution in [2.45, 2.75) is 78.0 Å². The van der Waals surface area contributed by atoms with Crippen LogP contribution in [0.5, 0.6) is 0 Å². The Morgan fingerprint density at radius 1 is 1.31 bits per heavy atom. The van der Waals surface area contributed by atoms with Gasteiger partial charge in [-0.3, -0.25) is 4.99 Å². The Balaban J connectivity index is 1.70. The lowest BCUT2D eigenvalue weighted by Crippen LogP contribution is -2.32. The lowest BCUT2D eigenvalue weighted by atomic mass is 9.99. The summed E-state index contributed by atoms with van der Waals surface area (Å²) in [7, 11) is 0. The first-order valence-corrected chi connectivity index (χ1v) is 12.3. The molecule has 0 saturated carbocycles. The van der Waals surface area contributed by atoms with Gasteiger partial charge in [0.15, 0.2) is 12.3 Å². The summed E-state index contributed by atoms with van der Waals surface area (Å²) >= 11 is 0. The fourth-order valence-corrected chi connectivity index (χ4v) is 4.55. The number of anilines is 1. The number of carbonyl (C=O) groups excluding carboxylic acids is 1. The molecule has 4 unspecified atom stereocenters. The molecule has 1 fully saturated rings. The highest BCUT2D eigenvalue weighted by Gasteiger charge is 2.38. The molecule has 4 heterocycles. The number of alkyl halides is 1. The molecule has 4 atom stereocenters. The third-order valence-corrected chi connectivity index (χ3v) is 6.46. The van der Waals surface area contributed by atoms with Crippen molar-refractivity contribution < 1.29 is 18.7 Å². The molecule has 190 valence electrons. The molecule has 8 nitrogen and oxygen atoms in total. The van der Waals surface area contributed by atoms with E-state index in [1.54, 1.807) is 27.0 Å². The number of aryl methyl sites for hydroxylation is 1. The molecule has 0 radical (unpaired) electrons. The van der Waals surface area contributed by atoms with E-state index < -0.39 is 24.0 Å². The van der Waals surface area contributed by atoms with E-state index >= 15 is 0 Å². The normalized spacial score (nSPS) is 25.3. The first kappa shape index (κ1) is 25.2. The van der Waals surface area contributed by atoms with Crippen LogP contribution in [0.4, 0.5) is 14.9 Å². The highest BCUT2D eigenvalue weighted by Crippen LogP contribution is 2.35. The largest absolute Gasteiger partial charge is 0.509 e. The Bertz CT molecular complexity index is 1140. The smallest absolute Gasteiger partial charge is 0.429 e. The van der Waals surface area contributed by atoms with E-state index in [1.165, 1.54) is 0 Å². The SMILES string of the molecule is CCn1cc(C2=NC(N)C(C)CCC=C2)c2c(N3CC(F)C(OC(=O)OC(C)(C)C)C3)ccnc21. The number of carbonyl (C=O) groups is 1. The number of ether oxygens (including phenoxy) is 2. The van der Waals surface area contributed by atoms with Crippen LogP contribution < -0.4 is 10.6 Å². The topological polar surface area (TPSA) is 95.0 Å². The maximum atomic E-state index is 15.0. The number of allylic oxidation sites excluding steroid dienone is 2. The number of pyridine rings is 1. The van der Waals surface area contributed by atoms with Gasteiger partial charge in [0.05, 0.1) is 29.9 Å². The van der Waals surface area contributed by atoms with Gasteiger partial charge >= 0.3 is 6.16 Å². The first-order chi connectivity index (χ1) is 16.6. The van der Waals surface area contributed by atoms with Crippen molar-refractivity contribution in [3.63, 3.8) is 0 Å². The van der Waals surface area contributed by atoms with Crippen molar-refractivity contribution in [3.8, 4) is 0 Å². The van der Waals surface area contributed by atoms with E-state index in [9.17, 15) is 9.18 Å². The van der Waals surface area contributed by atoms with Gasteiger partial charge in [-0.05, 0) is 58.6 Å². The lowest BCUT2D eigenvalue weighted by molar-refractivity contribution is -0.0340. The van der Waals surface area contributed by atoms with E-state index in [2.05, 4.69) is 29.5 Å². The van der Waals surface area contributed by atoms with Crippen LogP contribution in [0.25, 0.3) is 11.0 Å². The third kappa shape index (κ3) is 5.50. The fraction of sp³-hybridized carbons (Fsp3) is 0.577. The lowest BCUT2D eigenvalue weighted by Gasteiger charge is -2.22. The summed E-state index contributed by atoms with van der Waals surface area (Å²) in [4.78, 5) is 23.5. The van der Waals surface area contributed by atoms with Gasteiger partial charge in [-0.25, -0.2) is 14.2 Å². The van der Waals surface area contributed by atoms with Gasteiger partial charge in [-0.2, -0.15) is 0 Å². The molecule has 0 spiro atoms. The number of hydrogen-bond acceptors (Lipinski definition) is 7. The average Bonchev–Trinajstić information content (AvgIpc) is 3.33. The molecule has 4 rings (SSSR count). The molecule has 2 aliphatic heterocycles. The highest BCUT2D eigenvalue weighted by molar-refractivity contribution is 6.18. The minimum atomic E-state index is -1.34. The number of hydrogen-bond donors (Lipinski definition) is 1. The number of fused-ring (bicyclic) bond motifs is 1. The van der Waals surface area contributed by atoms with Gasteiger partial charge in [-0.1, -0.05) is 13.0 Å². The van der Waals surface area contributed by atoms with Crippen molar-refractivity contribution in [1.82, 2.24) is 9.55 Å². The molecule has 2 aromatic heterocycles. The predicted molar refractivity (Wildman–Crippen MR) is 136 cm³/mol. The average molecular weight is 486 g/mol. The van der Waals surface area contributed by atoms with E-state index in [1.807, 2.05) is 23.2 Å². The van der Waals surface area contributed by atoms with Crippen molar-refractivity contribution in [2.75, 3.05) is 18.0 Å². The van der Waals surface area contributed by atoms with Crippen LogP contribution in [-0.4, -0.2) is 58.6 Å². The van der Waals surface area contributed by atoms with Crippen LogP contribution in [0.1, 0.15) is 53.0 Å². The Hall–Kier alpha value is -2.94. The highest BCUT2D eigenvalue weighted by atomic mass is 19.1. The summed E-state index contributed by atoms with van der Waals surface area (Å²) in [6.45, 7) is 10.4. The van der Waals surface area contributed by atoms with Crippen LogP contribution in [0.2, 0.25) is 0 Å². The summed E-state index contributed by atoms with van der Waals surface area (Å²) in [5.74, 6) is 0.267. The zero-order valence-corrected chi connectivity index (χ0v) is 21.2. The van der Waals surface area contributed by atoms with E-state index in [0.29, 0.717) is 0 Å². The molecule has 0 aromatic carbocycles. The minimum Gasteiger partial charge on any atom is -0.429 e. The molecule has 2 aromatic rings. The molecule has 2 aliphatic rings. The second-order valence-corrected chi connectivity index (χ2v) is 10.4. The number of aromatic nitrogens is 2. The summed E-state index contributed by atoms with van der Waals surface area (Å²) in [6.07, 6.45) is 6.43. The molecular formula is C26H36FN5O3. The van der Waals surface area contributed by atoms with Gasteiger partial charge < -0.3 is 24.7 Å². The number of halogens is 1. The standard InChI is InChI=1S/C26H36FN5O3/c1-6-31-13-17(19-10-8-7-9-16(2)23(28)30-19)22-20(11-12-29-24(22)31)32-14-18(27)21(15-32)34-25(33)35-26(3,4)5/h8,10-13,16,18,21,23H,6-7,9,14-15,28H2,1-5H3. The monoisotopic (exact) mass is 485 g/mol. The number of rotatable bonds is 4. The van der Waals surface area contributed by atoms with Crippen LogP contribution in [0, 0.1) is 5.92 Å². The van der Waals surface area contributed by atoms with Crippen molar-refractivity contribution >= 4 is 28.6 Å². The maximum absolute atomic E-state index is 15.0. The number of nitrogens with two attached hydrogens (primary N) is 1. The molecule has 0 bridgehead atoms. The van der Waals surface area contributed by atoms with Gasteiger partial charge in [-0.15, -0.1) is 0 Å². The molecule has 2 N–H and O–H groups in total. The zero-order chi connectivity index (χ0) is 25.3. The van der Waals surface area contributed by atoms with Gasteiger partial charge in [0.25, 0.3) is 0 Å². The summed E-state index contributed by atoms with van der Waals surface area (Å²) in [5.41, 5.74) is 9.01. The molecule has 9 heteroatoms. The molecule has 0 amide bonds. The van der Waals surface area contributed by atoms with Gasteiger partial charge in [0.1, 0.15) is 17.4 Å². The maximum Gasteiger partial charge on any atom is 0.509 e. The van der Waals surface area contributed by atoms with E-state index in [-0.39, 0.29) is 25.2 Å². The van der Waals surface area contributed by atoms with E-state index in [0.717, 1.165) is 47.4 Å². The first-order valence-electron chi connectivity index (χ1n) is 12.3. The van der Waals surface area contributed by atoms with Crippen molar-refractivity contribution in [3.05, 3.63) is 36.2 Å². The van der Waals surface area contributed by atoms with E-state index in [4.69, 9.17) is 20.2 Å².